The van der Waals surface area contributed by atoms with Gasteiger partial charge in [-0.05, 0) is 27.2 Å². The van der Waals surface area contributed by atoms with E-state index in [0.29, 0.717) is 13.0 Å². The lowest BCUT2D eigenvalue weighted by Gasteiger charge is -2.36. The summed E-state index contributed by atoms with van der Waals surface area (Å²) in [5.74, 6) is -1.05. The van der Waals surface area contributed by atoms with Crippen molar-refractivity contribution in [1.82, 2.24) is 4.90 Å². The Morgan fingerprint density at radius 2 is 2.00 bits per heavy atom. The monoisotopic (exact) mass is 259 g/mol. The van der Waals surface area contributed by atoms with Crippen LogP contribution in [0.4, 0.5) is 4.79 Å². The van der Waals surface area contributed by atoms with E-state index in [1.807, 2.05) is 6.92 Å². The van der Waals surface area contributed by atoms with E-state index >= 15 is 0 Å². The number of nitrogens with zero attached hydrogens (tertiary/aromatic N) is 1. The maximum atomic E-state index is 11.9. The fourth-order valence-electron chi connectivity index (χ4n) is 1.68. The van der Waals surface area contributed by atoms with Crippen LogP contribution in [0, 0.1) is 0 Å². The number of carbonyl (C=O) groups is 2. The molecule has 0 aromatic carbocycles. The molecular formula is C12H21NO5. The number of hydrogen-bond acceptors (Lipinski definition) is 4. The van der Waals surface area contributed by atoms with E-state index in [9.17, 15) is 9.59 Å². The van der Waals surface area contributed by atoms with Crippen molar-refractivity contribution in [3.63, 3.8) is 0 Å². The van der Waals surface area contributed by atoms with Crippen LogP contribution in [0.15, 0.2) is 0 Å². The molecule has 0 aromatic rings. The normalized spacial score (nSPS) is 24.8. The van der Waals surface area contributed by atoms with Gasteiger partial charge in [-0.1, -0.05) is 6.92 Å². The highest BCUT2D eigenvalue weighted by molar-refractivity contribution is 5.75. The molecule has 1 N–H and O–H groups in total. The molecule has 0 saturated carbocycles. The lowest BCUT2D eigenvalue weighted by Crippen LogP contribution is -2.53. The first-order chi connectivity index (χ1) is 8.23. The zero-order chi connectivity index (χ0) is 13.9. The highest BCUT2D eigenvalue weighted by atomic mass is 16.6. The second-order valence-corrected chi connectivity index (χ2v) is 5.38. The van der Waals surface area contributed by atoms with Gasteiger partial charge in [0.15, 0.2) is 6.10 Å². The molecule has 1 heterocycles. The van der Waals surface area contributed by atoms with Gasteiger partial charge in [-0.3, -0.25) is 0 Å². The van der Waals surface area contributed by atoms with Gasteiger partial charge in [0.2, 0.25) is 0 Å². The smallest absolute Gasteiger partial charge is 0.410 e. The van der Waals surface area contributed by atoms with Crippen molar-refractivity contribution in [1.29, 1.82) is 0 Å². The summed E-state index contributed by atoms with van der Waals surface area (Å²) < 4.78 is 10.6. The summed E-state index contributed by atoms with van der Waals surface area (Å²) in [6, 6.07) is 0. The second-order valence-electron chi connectivity index (χ2n) is 5.38. The van der Waals surface area contributed by atoms with Crippen molar-refractivity contribution in [2.45, 2.75) is 51.9 Å². The Kier molecular flexibility index (Phi) is 4.56. The second kappa shape index (κ2) is 5.56. The van der Waals surface area contributed by atoms with Gasteiger partial charge < -0.3 is 19.5 Å². The van der Waals surface area contributed by atoms with Crippen LogP contribution in [0.1, 0.15) is 34.1 Å². The van der Waals surface area contributed by atoms with Crippen molar-refractivity contribution in [3.8, 4) is 0 Å². The first-order valence-electron chi connectivity index (χ1n) is 6.09. The summed E-state index contributed by atoms with van der Waals surface area (Å²) in [5.41, 5.74) is -0.587. The maximum Gasteiger partial charge on any atom is 0.410 e. The van der Waals surface area contributed by atoms with Gasteiger partial charge >= 0.3 is 12.1 Å². The van der Waals surface area contributed by atoms with E-state index in [2.05, 4.69) is 0 Å². The number of aliphatic carboxylic acids is 1. The SMILES string of the molecule is CC[C@@H]1CN(C(=O)OC(C)(C)C)C[C@H](C(=O)O)O1. The molecule has 18 heavy (non-hydrogen) atoms. The molecule has 6 heteroatoms. The minimum absolute atomic E-state index is 0.0285. The minimum Gasteiger partial charge on any atom is -0.479 e. The van der Waals surface area contributed by atoms with Crippen LogP contribution in [-0.2, 0) is 14.3 Å². The first-order valence-corrected chi connectivity index (χ1v) is 6.09. The molecule has 0 unspecified atom stereocenters. The third-order valence-electron chi connectivity index (χ3n) is 2.55. The van der Waals surface area contributed by atoms with Crippen LogP contribution in [0.5, 0.6) is 0 Å². The maximum absolute atomic E-state index is 11.9. The third-order valence-corrected chi connectivity index (χ3v) is 2.55. The topological polar surface area (TPSA) is 76.1 Å². The summed E-state index contributed by atoms with van der Waals surface area (Å²) in [5, 5.41) is 8.98. The molecule has 0 aromatic heterocycles. The quantitative estimate of drug-likeness (QED) is 0.813. The molecule has 1 saturated heterocycles. The van der Waals surface area contributed by atoms with E-state index in [1.54, 1.807) is 20.8 Å². The molecular weight excluding hydrogens is 238 g/mol. The standard InChI is InChI=1S/C12H21NO5/c1-5-8-6-13(7-9(17-8)10(14)15)11(16)18-12(2,3)4/h8-9H,5-7H2,1-4H3,(H,14,15)/t8-,9-/m1/s1. The van der Waals surface area contributed by atoms with Crippen LogP contribution < -0.4 is 0 Å². The third kappa shape index (κ3) is 4.18. The average Bonchev–Trinajstić information content (AvgIpc) is 2.26. The lowest BCUT2D eigenvalue weighted by molar-refractivity contribution is -0.163. The predicted molar refractivity (Wildman–Crippen MR) is 64.4 cm³/mol. The Hall–Kier alpha value is -1.30. The fraction of sp³-hybridized carbons (Fsp3) is 0.833. The molecule has 1 amide bonds. The van der Waals surface area contributed by atoms with Crippen LogP contribution in [0.3, 0.4) is 0 Å². The number of ether oxygens (including phenoxy) is 2. The number of carboxylic acids is 1. The largest absolute Gasteiger partial charge is 0.479 e. The number of amides is 1. The van der Waals surface area contributed by atoms with Gasteiger partial charge in [-0.2, -0.15) is 0 Å². The van der Waals surface area contributed by atoms with Crippen molar-refractivity contribution >= 4 is 12.1 Å². The number of hydrogen-bond donors (Lipinski definition) is 1. The molecule has 0 aliphatic carbocycles. The molecule has 0 radical (unpaired) electrons. The van der Waals surface area contributed by atoms with Gasteiger partial charge in [0.1, 0.15) is 5.60 Å². The lowest BCUT2D eigenvalue weighted by atomic mass is 10.1. The van der Waals surface area contributed by atoms with Crippen molar-refractivity contribution in [3.05, 3.63) is 0 Å². The molecule has 0 bridgehead atoms. The van der Waals surface area contributed by atoms with Gasteiger partial charge in [0.05, 0.1) is 19.2 Å². The summed E-state index contributed by atoms with van der Waals surface area (Å²) in [6.45, 7) is 7.62. The van der Waals surface area contributed by atoms with E-state index in [4.69, 9.17) is 14.6 Å². The highest BCUT2D eigenvalue weighted by Gasteiger charge is 2.35. The van der Waals surface area contributed by atoms with Crippen molar-refractivity contribution in [2.24, 2.45) is 0 Å². The predicted octanol–water partition coefficient (Wildman–Crippen LogP) is 1.49. The van der Waals surface area contributed by atoms with Crippen molar-refractivity contribution < 1.29 is 24.2 Å². The number of morpholine rings is 1. The van der Waals surface area contributed by atoms with Gasteiger partial charge in [-0.15, -0.1) is 0 Å². The molecule has 1 aliphatic heterocycles. The molecule has 0 spiro atoms. The Bertz CT molecular complexity index is 323. The van der Waals surface area contributed by atoms with Crippen LogP contribution in [-0.4, -0.2) is 53.0 Å². The summed E-state index contributed by atoms with van der Waals surface area (Å²) >= 11 is 0. The average molecular weight is 259 g/mol. The Labute approximate surface area is 107 Å². The number of carbonyl (C=O) groups excluding carboxylic acids is 1. The van der Waals surface area contributed by atoms with E-state index < -0.39 is 23.8 Å². The zero-order valence-electron chi connectivity index (χ0n) is 11.3. The van der Waals surface area contributed by atoms with Crippen LogP contribution in [0.2, 0.25) is 0 Å². The van der Waals surface area contributed by atoms with Crippen molar-refractivity contribution in [2.75, 3.05) is 13.1 Å². The molecule has 104 valence electrons. The Balaban J connectivity index is 2.69. The zero-order valence-corrected chi connectivity index (χ0v) is 11.3. The van der Waals surface area contributed by atoms with Crippen LogP contribution >= 0.6 is 0 Å². The molecule has 1 rings (SSSR count). The highest BCUT2D eigenvalue weighted by Crippen LogP contribution is 2.17. The van der Waals surface area contributed by atoms with Gasteiger partial charge in [-0.25, -0.2) is 9.59 Å². The first kappa shape index (κ1) is 14.8. The Morgan fingerprint density at radius 3 is 2.44 bits per heavy atom. The molecule has 6 nitrogen and oxygen atoms in total. The summed E-state index contributed by atoms with van der Waals surface area (Å²) in [7, 11) is 0. The number of carboxylic acid groups (broad SMARTS) is 1. The van der Waals surface area contributed by atoms with E-state index in [-0.39, 0.29) is 12.6 Å². The van der Waals surface area contributed by atoms with E-state index in [0.717, 1.165) is 0 Å². The van der Waals surface area contributed by atoms with Gasteiger partial charge in [0.25, 0.3) is 0 Å². The van der Waals surface area contributed by atoms with Crippen LogP contribution in [0.25, 0.3) is 0 Å². The fourth-order valence-corrected chi connectivity index (χ4v) is 1.68. The number of rotatable bonds is 2. The summed E-state index contributed by atoms with van der Waals surface area (Å²) in [6.07, 6.45) is -1.07. The van der Waals surface area contributed by atoms with E-state index in [1.165, 1.54) is 4.90 Å². The minimum atomic E-state index is -1.05. The molecule has 1 aliphatic rings. The van der Waals surface area contributed by atoms with Gasteiger partial charge in [0, 0.05) is 0 Å². The summed E-state index contributed by atoms with van der Waals surface area (Å²) in [4.78, 5) is 24.3. The molecule has 1 fully saturated rings. The Morgan fingerprint density at radius 1 is 1.39 bits per heavy atom. The molecule has 2 atom stereocenters.